The normalized spacial score (nSPS) is 34.2. The summed E-state index contributed by atoms with van der Waals surface area (Å²) >= 11 is 0. The third kappa shape index (κ3) is 1.64. The van der Waals surface area contributed by atoms with Crippen molar-refractivity contribution in [2.24, 2.45) is 0 Å². The van der Waals surface area contributed by atoms with Crippen LogP contribution >= 0.6 is 0 Å². The van der Waals surface area contributed by atoms with Crippen LogP contribution in [0.5, 0.6) is 0 Å². The molecular weight excluding hydrogens is 206 g/mol. The molecule has 1 aromatic carbocycles. The summed E-state index contributed by atoms with van der Waals surface area (Å²) in [6.45, 7) is 2.02. The number of hydrogen-bond donors (Lipinski definition) is 4. The lowest BCUT2D eigenvalue weighted by Gasteiger charge is -2.31. The molecule has 1 saturated heterocycles. The number of aliphatic hydroxyl groups excluding tert-OH is 3. The minimum absolute atomic E-state index is 0.242. The molecule has 88 valence electrons. The van der Waals surface area contributed by atoms with E-state index in [4.69, 9.17) is 0 Å². The number of hydrogen-bond acceptors (Lipinski definition) is 4. The third-order valence-corrected chi connectivity index (χ3v) is 3.31. The van der Waals surface area contributed by atoms with Crippen molar-refractivity contribution in [1.82, 2.24) is 5.32 Å². The molecule has 1 fully saturated rings. The van der Waals surface area contributed by atoms with Gasteiger partial charge in [0.05, 0.1) is 18.2 Å². The zero-order chi connectivity index (χ0) is 11.8. The predicted octanol–water partition coefficient (Wildman–Crippen LogP) is -0.492. The van der Waals surface area contributed by atoms with E-state index < -0.39 is 17.7 Å². The fourth-order valence-electron chi connectivity index (χ4n) is 2.20. The Balaban J connectivity index is 2.38. The Kier molecular flexibility index (Phi) is 2.99. The molecule has 0 aliphatic carbocycles. The van der Waals surface area contributed by atoms with E-state index >= 15 is 0 Å². The highest BCUT2D eigenvalue weighted by molar-refractivity contribution is 5.31. The van der Waals surface area contributed by atoms with Gasteiger partial charge >= 0.3 is 0 Å². The van der Waals surface area contributed by atoms with Gasteiger partial charge in [0.2, 0.25) is 0 Å². The molecule has 1 aliphatic rings. The highest BCUT2D eigenvalue weighted by Gasteiger charge is 2.47. The molecule has 3 atom stereocenters. The van der Waals surface area contributed by atoms with Crippen molar-refractivity contribution < 1.29 is 15.3 Å². The Labute approximate surface area is 94.5 Å². The summed E-state index contributed by atoms with van der Waals surface area (Å²) in [5, 5.41) is 32.0. The molecule has 0 spiro atoms. The first-order valence-electron chi connectivity index (χ1n) is 5.39. The number of β-amino-alcohol motifs (C(OH)–C–C–N with tert-alkyl or cyclic N) is 1. The zero-order valence-corrected chi connectivity index (χ0v) is 9.22. The monoisotopic (exact) mass is 223 g/mol. The Bertz CT molecular complexity index is 365. The van der Waals surface area contributed by atoms with Crippen LogP contribution in [0.15, 0.2) is 24.3 Å². The second-order valence-electron chi connectivity index (χ2n) is 4.39. The maximum Gasteiger partial charge on any atom is 0.106 e. The van der Waals surface area contributed by atoms with E-state index in [0.717, 1.165) is 11.1 Å². The van der Waals surface area contributed by atoms with Crippen LogP contribution in [0.3, 0.4) is 0 Å². The van der Waals surface area contributed by atoms with Gasteiger partial charge in [-0.3, -0.25) is 0 Å². The van der Waals surface area contributed by atoms with Crippen molar-refractivity contribution in [3.8, 4) is 0 Å². The predicted molar refractivity (Wildman–Crippen MR) is 60.0 cm³/mol. The van der Waals surface area contributed by atoms with Crippen LogP contribution in [0.4, 0.5) is 0 Å². The van der Waals surface area contributed by atoms with Crippen LogP contribution < -0.4 is 5.32 Å². The van der Waals surface area contributed by atoms with Crippen molar-refractivity contribution in [3.63, 3.8) is 0 Å². The van der Waals surface area contributed by atoms with Crippen LogP contribution in [0.1, 0.15) is 11.1 Å². The number of aryl methyl sites for hydroxylation is 1. The summed E-state index contributed by atoms with van der Waals surface area (Å²) in [4.78, 5) is 0. The van der Waals surface area contributed by atoms with Crippen molar-refractivity contribution in [2.45, 2.75) is 24.7 Å². The van der Waals surface area contributed by atoms with Crippen LogP contribution in [0, 0.1) is 6.92 Å². The van der Waals surface area contributed by atoms with E-state index in [1.165, 1.54) is 0 Å². The van der Waals surface area contributed by atoms with Gasteiger partial charge < -0.3 is 20.6 Å². The molecule has 0 amide bonds. The first-order chi connectivity index (χ1) is 7.60. The highest BCUT2D eigenvalue weighted by atomic mass is 16.3. The van der Waals surface area contributed by atoms with E-state index in [1.807, 2.05) is 31.2 Å². The minimum atomic E-state index is -0.986. The van der Waals surface area contributed by atoms with Crippen molar-refractivity contribution in [2.75, 3.05) is 13.2 Å². The maximum atomic E-state index is 9.96. The Hall–Kier alpha value is -0.940. The summed E-state index contributed by atoms with van der Waals surface area (Å²) in [5.74, 6) is 0. The Morgan fingerprint density at radius 3 is 2.38 bits per heavy atom. The molecule has 0 radical (unpaired) electrons. The lowest BCUT2D eigenvalue weighted by Crippen LogP contribution is -2.49. The van der Waals surface area contributed by atoms with Crippen LogP contribution in [0.2, 0.25) is 0 Å². The van der Waals surface area contributed by atoms with Crippen LogP contribution in [-0.4, -0.2) is 40.7 Å². The fraction of sp³-hybridized carbons (Fsp3) is 0.500. The van der Waals surface area contributed by atoms with E-state index in [2.05, 4.69) is 5.32 Å². The molecule has 16 heavy (non-hydrogen) atoms. The molecule has 1 aromatic rings. The van der Waals surface area contributed by atoms with Gasteiger partial charge in [0.15, 0.2) is 0 Å². The molecule has 0 unspecified atom stereocenters. The maximum absolute atomic E-state index is 9.96. The smallest absolute Gasteiger partial charge is 0.106 e. The SMILES string of the molecule is Cc1ccc([C@@]2(CO)NC[C@H](O)[C@H]2O)cc1. The summed E-state index contributed by atoms with van der Waals surface area (Å²) in [5.41, 5.74) is 0.974. The summed E-state index contributed by atoms with van der Waals surface area (Å²) in [7, 11) is 0. The molecule has 0 bridgehead atoms. The number of nitrogens with one attached hydrogen (secondary N) is 1. The molecule has 0 aromatic heterocycles. The number of benzene rings is 1. The third-order valence-electron chi connectivity index (χ3n) is 3.31. The van der Waals surface area contributed by atoms with Gasteiger partial charge in [0, 0.05) is 6.54 Å². The van der Waals surface area contributed by atoms with Crippen molar-refractivity contribution in [1.29, 1.82) is 0 Å². The minimum Gasteiger partial charge on any atom is -0.394 e. The molecule has 2 rings (SSSR count). The summed E-state index contributed by atoms with van der Waals surface area (Å²) in [6, 6.07) is 7.57. The van der Waals surface area contributed by atoms with E-state index in [0.29, 0.717) is 0 Å². The number of rotatable bonds is 2. The molecule has 4 N–H and O–H groups in total. The lowest BCUT2D eigenvalue weighted by molar-refractivity contribution is -0.0110. The zero-order valence-electron chi connectivity index (χ0n) is 9.22. The molecule has 0 saturated carbocycles. The van der Waals surface area contributed by atoms with E-state index in [1.54, 1.807) is 0 Å². The first-order valence-corrected chi connectivity index (χ1v) is 5.39. The average molecular weight is 223 g/mol. The van der Waals surface area contributed by atoms with Gasteiger partial charge in [-0.1, -0.05) is 29.8 Å². The van der Waals surface area contributed by atoms with Crippen molar-refractivity contribution >= 4 is 0 Å². The van der Waals surface area contributed by atoms with Gasteiger partial charge in [-0.25, -0.2) is 0 Å². The van der Waals surface area contributed by atoms with E-state index in [-0.39, 0.29) is 13.2 Å². The average Bonchev–Trinajstić information content (AvgIpc) is 2.59. The largest absolute Gasteiger partial charge is 0.394 e. The van der Waals surface area contributed by atoms with Crippen LogP contribution in [-0.2, 0) is 5.54 Å². The summed E-state index contributed by atoms with van der Waals surface area (Å²) < 4.78 is 0. The number of aliphatic hydroxyl groups is 3. The van der Waals surface area contributed by atoms with Gasteiger partial charge in [0.1, 0.15) is 6.10 Å². The van der Waals surface area contributed by atoms with Crippen molar-refractivity contribution in [3.05, 3.63) is 35.4 Å². The second kappa shape index (κ2) is 4.14. The lowest BCUT2D eigenvalue weighted by atomic mass is 9.86. The molecular formula is C12H17NO3. The summed E-state index contributed by atoms with van der Waals surface area (Å²) in [6.07, 6.45) is -1.83. The highest BCUT2D eigenvalue weighted by Crippen LogP contribution is 2.31. The standard InChI is InChI=1S/C12H17NO3/c1-8-2-4-9(5-3-8)12(7-14)11(16)10(15)6-13-12/h2-5,10-11,13-16H,6-7H2,1H3/t10-,11+,12+/m0/s1. The molecule has 4 nitrogen and oxygen atoms in total. The van der Waals surface area contributed by atoms with E-state index in [9.17, 15) is 15.3 Å². The van der Waals surface area contributed by atoms with Gasteiger partial charge in [-0.2, -0.15) is 0 Å². The molecule has 4 heteroatoms. The quantitative estimate of drug-likeness (QED) is 0.546. The van der Waals surface area contributed by atoms with Gasteiger partial charge in [0.25, 0.3) is 0 Å². The second-order valence-corrected chi connectivity index (χ2v) is 4.39. The fourth-order valence-corrected chi connectivity index (χ4v) is 2.20. The topological polar surface area (TPSA) is 72.7 Å². The van der Waals surface area contributed by atoms with Gasteiger partial charge in [-0.05, 0) is 12.5 Å². The van der Waals surface area contributed by atoms with Gasteiger partial charge in [-0.15, -0.1) is 0 Å². The Morgan fingerprint density at radius 1 is 1.31 bits per heavy atom. The van der Waals surface area contributed by atoms with Crippen LogP contribution in [0.25, 0.3) is 0 Å². The first kappa shape index (κ1) is 11.5. The Morgan fingerprint density at radius 2 is 1.94 bits per heavy atom. The molecule has 1 aliphatic heterocycles. The molecule has 1 heterocycles.